The van der Waals surface area contributed by atoms with Gasteiger partial charge in [0.2, 0.25) is 0 Å². The number of ether oxygens (including phenoxy) is 2. The first-order chi connectivity index (χ1) is 10.7. The van der Waals surface area contributed by atoms with Crippen LogP contribution in [0.15, 0.2) is 48.8 Å². The lowest BCUT2D eigenvalue weighted by atomic mass is 10.3. The van der Waals surface area contributed by atoms with Gasteiger partial charge in [-0.05, 0) is 36.4 Å². The van der Waals surface area contributed by atoms with Crippen molar-refractivity contribution in [3.05, 3.63) is 60.0 Å². The van der Waals surface area contributed by atoms with Crippen LogP contribution in [0.2, 0.25) is 0 Å². The molecule has 6 heteroatoms. The van der Waals surface area contributed by atoms with Crippen LogP contribution in [0.1, 0.15) is 16.1 Å². The van der Waals surface area contributed by atoms with Crippen molar-refractivity contribution < 1.29 is 19.4 Å². The summed E-state index contributed by atoms with van der Waals surface area (Å²) in [4.78, 5) is 15.5. The van der Waals surface area contributed by atoms with Gasteiger partial charge in [0.05, 0.1) is 12.8 Å². The molecular formula is C16H14N2O4. The zero-order chi connectivity index (χ0) is 15.5. The van der Waals surface area contributed by atoms with Gasteiger partial charge in [-0.3, -0.25) is 0 Å². The fourth-order valence-electron chi connectivity index (χ4n) is 2.13. The Kier molecular flexibility index (Phi) is 3.65. The Bertz CT molecular complexity index is 809. The zero-order valence-electron chi connectivity index (χ0n) is 11.9. The molecule has 2 aromatic heterocycles. The molecule has 2 heterocycles. The van der Waals surface area contributed by atoms with E-state index in [1.165, 1.54) is 6.07 Å². The number of carbonyl (C=O) groups is 1. The number of imidazole rings is 1. The lowest BCUT2D eigenvalue weighted by molar-refractivity contribution is 0.0698. The van der Waals surface area contributed by atoms with Gasteiger partial charge in [-0.1, -0.05) is 0 Å². The summed E-state index contributed by atoms with van der Waals surface area (Å²) in [6, 6.07) is 10.4. The van der Waals surface area contributed by atoms with E-state index < -0.39 is 5.97 Å². The maximum absolute atomic E-state index is 11.2. The van der Waals surface area contributed by atoms with Crippen molar-refractivity contribution in [3.8, 4) is 11.5 Å². The minimum atomic E-state index is -1.00. The minimum absolute atomic E-state index is 0.165. The standard InChI is InChI=1S/C16H14N2O4/c1-21-12-4-6-13(7-5-12)22-10-11-9-18-8-2-3-14(16(19)20)15(18)17-11/h2-9H,10H2,1H3,(H,19,20). The number of carboxylic acids is 1. The van der Waals surface area contributed by atoms with Gasteiger partial charge in [-0.25, -0.2) is 9.78 Å². The molecular weight excluding hydrogens is 284 g/mol. The van der Waals surface area contributed by atoms with Crippen LogP contribution in [-0.2, 0) is 6.61 Å². The molecule has 0 fully saturated rings. The van der Waals surface area contributed by atoms with Crippen molar-refractivity contribution in [2.24, 2.45) is 0 Å². The van der Waals surface area contributed by atoms with Gasteiger partial charge in [0.1, 0.15) is 23.7 Å². The normalized spacial score (nSPS) is 10.6. The third kappa shape index (κ3) is 2.71. The lowest BCUT2D eigenvalue weighted by Crippen LogP contribution is -2.00. The first kappa shape index (κ1) is 13.9. The Balaban J connectivity index is 1.79. The molecule has 1 aromatic carbocycles. The number of carboxylic acid groups (broad SMARTS) is 1. The van der Waals surface area contributed by atoms with Gasteiger partial charge in [0.15, 0.2) is 5.65 Å². The average Bonchev–Trinajstić information content (AvgIpc) is 2.96. The maximum atomic E-state index is 11.2. The zero-order valence-corrected chi connectivity index (χ0v) is 11.9. The molecule has 3 aromatic rings. The SMILES string of the molecule is COc1ccc(OCc2cn3cccc(C(=O)O)c3n2)cc1. The number of fused-ring (bicyclic) bond motifs is 1. The van der Waals surface area contributed by atoms with Crippen LogP contribution < -0.4 is 9.47 Å². The predicted octanol–water partition coefficient (Wildman–Crippen LogP) is 2.62. The number of rotatable bonds is 5. The molecule has 0 atom stereocenters. The number of pyridine rings is 1. The first-order valence-corrected chi connectivity index (χ1v) is 6.64. The molecule has 0 aliphatic rings. The molecule has 0 amide bonds. The second-order valence-corrected chi connectivity index (χ2v) is 4.65. The van der Waals surface area contributed by atoms with Gasteiger partial charge in [0, 0.05) is 12.4 Å². The summed E-state index contributed by atoms with van der Waals surface area (Å²) in [5.41, 5.74) is 1.23. The molecule has 0 saturated carbocycles. The molecule has 22 heavy (non-hydrogen) atoms. The molecule has 0 spiro atoms. The molecule has 0 unspecified atom stereocenters. The van der Waals surface area contributed by atoms with Gasteiger partial charge in [-0.2, -0.15) is 0 Å². The van der Waals surface area contributed by atoms with E-state index in [0.717, 1.165) is 5.75 Å². The van der Waals surface area contributed by atoms with Crippen molar-refractivity contribution in [1.82, 2.24) is 9.38 Å². The van der Waals surface area contributed by atoms with E-state index in [0.29, 0.717) is 17.1 Å². The highest BCUT2D eigenvalue weighted by atomic mass is 16.5. The summed E-state index contributed by atoms with van der Waals surface area (Å²) in [6.07, 6.45) is 3.51. The second-order valence-electron chi connectivity index (χ2n) is 4.65. The van der Waals surface area contributed by atoms with Gasteiger partial charge in [-0.15, -0.1) is 0 Å². The number of aromatic nitrogens is 2. The van der Waals surface area contributed by atoms with Crippen LogP contribution in [0.4, 0.5) is 0 Å². The van der Waals surface area contributed by atoms with E-state index >= 15 is 0 Å². The van der Waals surface area contributed by atoms with Crippen LogP contribution in [0.5, 0.6) is 11.5 Å². The topological polar surface area (TPSA) is 73.1 Å². The quantitative estimate of drug-likeness (QED) is 0.784. The first-order valence-electron chi connectivity index (χ1n) is 6.64. The highest BCUT2D eigenvalue weighted by Gasteiger charge is 2.11. The third-order valence-corrected chi connectivity index (χ3v) is 3.21. The Morgan fingerprint density at radius 2 is 1.95 bits per heavy atom. The monoisotopic (exact) mass is 298 g/mol. The molecule has 3 rings (SSSR count). The van der Waals surface area contributed by atoms with Crippen LogP contribution >= 0.6 is 0 Å². The Hall–Kier alpha value is -3.02. The summed E-state index contributed by atoms with van der Waals surface area (Å²) >= 11 is 0. The van der Waals surface area contributed by atoms with Gasteiger partial charge in [0.25, 0.3) is 0 Å². The Morgan fingerprint density at radius 1 is 1.23 bits per heavy atom. The fraction of sp³-hybridized carbons (Fsp3) is 0.125. The molecule has 0 aliphatic carbocycles. The average molecular weight is 298 g/mol. The molecule has 6 nitrogen and oxygen atoms in total. The number of aromatic carboxylic acids is 1. The summed E-state index contributed by atoms with van der Waals surface area (Å²) in [5, 5.41) is 9.15. The van der Waals surface area contributed by atoms with Crippen LogP contribution in [-0.4, -0.2) is 27.6 Å². The molecule has 112 valence electrons. The number of hydrogen-bond acceptors (Lipinski definition) is 4. The molecule has 0 radical (unpaired) electrons. The molecule has 0 aliphatic heterocycles. The largest absolute Gasteiger partial charge is 0.497 e. The van der Waals surface area contributed by atoms with Crippen molar-refractivity contribution >= 4 is 11.6 Å². The Morgan fingerprint density at radius 3 is 2.64 bits per heavy atom. The van der Waals surface area contributed by atoms with E-state index in [2.05, 4.69) is 4.98 Å². The van der Waals surface area contributed by atoms with Crippen LogP contribution in [0.25, 0.3) is 5.65 Å². The van der Waals surface area contributed by atoms with E-state index in [1.807, 2.05) is 12.1 Å². The number of benzene rings is 1. The molecule has 0 bridgehead atoms. The van der Waals surface area contributed by atoms with E-state index in [4.69, 9.17) is 14.6 Å². The minimum Gasteiger partial charge on any atom is -0.497 e. The van der Waals surface area contributed by atoms with Gasteiger partial charge >= 0.3 is 5.97 Å². The second kappa shape index (κ2) is 5.77. The molecule has 1 N–H and O–H groups in total. The highest BCUT2D eigenvalue weighted by molar-refractivity contribution is 5.94. The van der Waals surface area contributed by atoms with E-state index in [-0.39, 0.29) is 12.2 Å². The summed E-state index contributed by atoms with van der Waals surface area (Å²) in [5.74, 6) is 0.446. The maximum Gasteiger partial charge on any atom is 0.339 e. The smallest absolute Gasteiger partial charge is 0.339 e. The van der Waals surface area contributed by atoms with E-state index in [9.17, 15) is 4.79 Å². The van der Waals surface area contributed by atoms with Crippen LogP contribution in [0.3, 0.4) is 0 Å². The lowest BCUT2D eigenvalue weighted by Gasteiger charge is -2.05. The van der Waals surface area contributed by atoms with Crippen molar-refractivity contribution in [2.45, 2.75) is 6.61 Å². The van der Waals surface area contributed by atoms with Crippen LogP contribution in [0, 0.1) is 0 Å². The third-order valence-electron chi connectivity index (χ3n) is 3.21. The van der Waals surface area contributed by atoms with Crippen molar-refractivity contribution in [3.63, 3.8) is 0 Å². The highest BCUT2D eigenvalue weighted by Crippen LogP contribution is 2.18. The fourth-order valence-corrected chi connectivity index (χ4v) is 2.13. The summed E-state index contributed by atoms with van der Waals surface area (Å²) < 4.78 is 12.4. The van der Waals surface area contributed by atoms with E-state index in [1.54, 1.807) is 42.1 Å². The number of nitrogens with zero attached hydrogens (tertiary/aromatic N) is 2. The van der Waals surface area contributed by atoms with Gasteiger partial charge < -0.3 is 19.0 Å². The number of methoxy groups -OCH3 is 1. The predicted molar refractivity (Wildman–Crippen MR) is 79.5 cm³/mol. The molecule has 0 saturated heterocycles. The van der Waals surface area contributed by atoms with Crippen molar-refractivity contribution in [2.75, 3.05) is 7.11 Å². The summed E-state index contributed by atoms with van der Waals surface area (Å²) in [7, 11) is 1.60. The van der Waals surface area contributed by atoms with Crippen molar-refractivity contribution in [1.29, 1.82) is 0 Å². The number of hydrogen-bond donors (Lipinski definition) is 1. The Labute approximate surface area is 126 Å². The summed E-state index contributed by atoms with van der Waals surface area (Å²) in [6.45, 7) is 0.257.